The van der Waals surface area contributed by atoms with Crippen LogP contribution in [0.25, 0.3) is 6.08 Å². The summed E-state index contributed by atoms with van der Waals surface area (Å²) in [6, 6.07) is 8.97. The molecule has 0 aliphatic carbocycles. The van der Waals surface area contributed by atoms with Gasteiger partial charge in [0.05, 0.1) is 13.0 Å². The van der Waals surface area contributed by atoms with Crippen LogP contribution in [0.15, 0.2) is 35.7 Å². The second-order valence-electron chi connectivity index (χ2n) is 5.05. The summed E-state index contributed by atoms with van der Waals surface area (Å²) in [6.07, 6.45) is 0.0300. The molecule has 22 heavy (non-hydrogen) atoms. The van der Waals surface area contributed by atoms with E-state index in [1.807, 2.05) is 6.07 Å². The minimum absolute atomic E-state index is 0.0989. The van der Waals surface area contributed by atoms with E-state index in [0.717, 1.165) is 15.3 Å². The Morgan fingerprint density at radius 2 is 2.05 bits per heavy atom. The molecule has 1 aliphatic rings. The minimum atomic E-state index is -3.71. The summed E-state index contributed by atoms with van der Waals surface area (Å²) in [5.74, 6) is -1.53. The van der Waals surface area contributed by atoms with Crippen molar-refractivity contribution in [1.29, 1.82) is 0 Å². The molecule has 0 saturated carbocycles. The van der Waals surface area contributed by atoms with Gasteiger partial charge in [-0.05, 0) is 18.1 Å². The van der Waals surface area contributed by atoms with Crippen molar-refractivity contribution in [3.05, 3.63) is 41.3 Å². The van der Waals surface area contributed by atoms with E-state index < -0.39 is 28.1 Å². The summed E-state index contributed by atoms with van der Waals surface area (Å²) < 4.78 is 44.0. The summed E-state index contributed by atoms with van der Waals surface area (Å²) >= 11 is 0. The Balaban J connectivity index is 2.06. The molecule has 0 spiro atoms. The van der Waals surface area contributed by atoms with Crippen molar-refractivity contribution in [3.63, 3.8) is 0 Å². The molecule has 5 nitrogen and oxygen atoms in total. The molecule has 7 heteroatoms. The third kappa shape index (κ3) is 3.92. The van der Waals surface area contributed by atoms with Gasteiger partial charge in [0.15, 0.2) is 0 Å². The lowest BCUT2D eigenvalue weighted by atomic mass is 9.96. The molecule has 1 aromatic carbocycles. The van der Waals surface area contributed by atoms with Gasteiger partial charge in [-0.15, -0.1) is 0 Å². The Labute approximate surface area is 129 Å². The highest BCUT2D eigenvalue weighted by molar-refractivity contribution is 7.92. The third-order valence-corrected chi connectivity index (χ3v) is 5.13. The summed E-state index contributed by atoms with van der Waals surface area (Å²) in [6.45, 7) is -0.233. The molecule has 0 bridgehead atoms. The maximum absolute atomic E-state index is 14.0. The van der Waals surface area contributed by atoms with Gasteiger partial charge in [-0.1, -0.05) is 30.3 Å². The molecular weight excluding hydrogens is 309 g/mol. The van der Waals surface area contributed by atoms with Gasteiger partial charge < -0.3 is 4.74 Å². The molecule has 0 radical (unpaired) electrons. The number of rotatable bonds is 4. The van der Waals surface area contributed by atoms with E-state index in [0.29, 0.717) is 0 Å². The first-order valence-electron chi connectivity index (χ1n) is 6.89. The van der Waals surface area contributed by atoms with Crippen molar-refractivity contribution < 1.29 is 22.3 Å². The summed E-state index contributed by atoms with van der Waals surface area (Å²) in [7, 11) is -2.51. The Bertz CT molecular complexity index is 645. The number of benzene rings is 1. The van der Waals surface area contributed by atoms with Crippen LogP contribution in [0.2, 0.25) is 0 Å². The van der Waals surface area contributed by atoms with Gasteiger partial charge in [0.1, 0.15) is 6.17 Å². The Morgan fingerprint density at radius 1 is 1.36 bits per heavy atom. The lowest BCUT2D eigenvalue weighted by Crippen LogP contribution is -2.46. The molecule has 2 rings (SSSR count). The van der Waals surface area contributed by atoms with Crippen LogP contribution in [-0.4, -0.2) is 45.1 Å². The molecule has 0 N–H and O–H groups in total. The third-order valence-electron chi connectivity index (χ3n) is 3.60. The molecule has 1 saturated heterocycles. The smallest absolute Gasteiger partial charge is 0.311 e. The van der Waals surface area contributed by atoms with Crippen LogP contribution in [0.4, 0.5) is 4.39 Å². The van der Waals surface area contributed by atoms with E-state index in [1.165, 1.54) is 13.2 Å². The molecule has 1 aliphatic heterocycles. The van der Waals surface area contributed by atoms with E-state index >= 15 is 0 Å². The van der Waals surface area contributed by atoms with Gasteiger partial charge in [0, 0.05) is 18.5 Å². The molecule has 1 aromatic rings. The number of nitrogens with zero attached hydrogens (tertiary/aromatic N) is 1. The van der Waals surface area contributed by atoms with E-state index in [9.17, 15) is 17.6 Å². The number of hydrogen-bond acceptors (Lipinski definition) is 4. The van der Waals surface area contributed by atoms with Gasteiger partial charge in [-0.2, -0.15) is 4.31 Å². The number of sulfonamides is 1. The fraction of sp³-hybridized carbons (Fsp3) is 0.400. The zero-order chi connectivity index (χ0) is 16.2. The maximum atomic E-state index is 14.0. The molecule has 0 unspecified atom stereocenters. The summed E-state index contributed by atoms with van der Waals surface area (Å²) in [5.41, 5.74) is 0.743. The molecule has 0 aromatic heterocycles. The van der Waals surface area contributed by atoms with Crippen LogP contribution in [0, 0.1) is 5.92 Å². The fourth-order valence-electron chi connectivity index (χ4n) is 2.34. The first-order chi connectivity index (χ1) is 10.4. The first-order valence-corrected chi connectivity index (χ1v) is 8.39. The Kier molecular flexibility index (Phi) is 5.31. The number of piperidine rings is 1. The van der Waals surface area contributed by atoms with Crippen molar-refractivity contribution in [2.75, 3.05) is 20.2 Å². The van der Waals surface area contributed by atoms with Gasteiger partial charge in [0.2, 0.25) is 10.0 Å². The molecule has 2 atom stereocenters. The van der Waals surface area contributed by atoms with Crippen molar-refractivity contribution in [2.45, 2.75) is 12.6 Å². The van der Waals surface area contributed by atoms with Gasteiger partial charge in [-0.25, -0.2) is 12.8 Å². The highest BCUT2D eigenvalue weighted by atomic mass is 32.2. The number of carbonyl (C=O) groups is 1. The molecule has 1 fully saturated rings. The molecular formula is C15H18FNO4S. The largest absolute Gasteiger partial charge is 0.469 e. The minimum Gasteiger partial charge on any atom is -0.469 e. The number of methoxy groups -OCH3 is 1. The highest BCUT2D eigenvalue weighted by Crippen LogP contribution is 2.24. The maximum Gasteiger partial charge on any atom is 0.311 e. The first kappa shape index (κ1) is 16.6. The number of alkyl halides is 1. The van der Waals surface area contributed by atoms with Gasteiger partial charge in [0.25, 0.3) is 0 Å². The van der Waals surface area contributed by atoms with E-state index in [1.54, 1.807) is 24.3 Å². The fourth-order valence-corrected chi connectivity index (χ4v) is 3.55. The van der Waals surface area contributed by atoms with Crippen LogP contribution in [-0.2, 0) is 19.6 Å². The van der Waals surface area contributed by atoms with Crippen molar-refractivity contribution in [3.8, 4) is 0 Å². The number of carbonyl (C=O) groups excluding carboxylic acids is 1. The van der Waals surface area contributed by atoms with Crippen molar-refractivity contribution in [1.82, 2.24) is 4.31 Å². The van der Waals surface area contributed by atoms with E-state index in [4.69, 9.17) is 0 Å². The van der Waals surface area contributed by atoms with Crippen molar-refractivity contribution in [2.24, 2.45) is 5.92 Å². The standard InChI is InChI=1S/C15H18FNO4S/c1-21-15(18)13-7-9-17(11-14(13)16)22(19,20)10-8-12-5-3-2-4-6-12/h2-6,8,10,13-14H,7,9,11H2,1H3/b10-8+/t13-,14+/m1/s1. The van der Waals surface area contributed by atoms with E-state index in [2.05, 4.69) is 4.74 Å². The second kappa shape index (κ2) is 7.02. The molecule has 120 valence electrons. The Hall–Kier alpha value is -1.73. The average molecular weight is 327 g/mol. The second-order valence-corrected chi connectivity index (χ2v) is 6.87. The predicted octanol–water partition coefficient (Wildman–Crippen LogP) is 1.82. The quantitative estimate of drug-likeness (QED) is 0.791. The number of hydrogen-bond donors (Lipinski definition) is 0. The number of esters is 1. The number of halogens is 1. The molecule has 0 amide bonds. The monoisotopic (exact) mass is 327 g/mol. The SMILES string of the molecule is COC(=O)[C@@H]1CCN(S(=O)(=O)/C=C/c2ccccc2)C[C@@H]1F. The predicted molar refractivity (Wildman–Crippen MR) is 81.0 cm³/mol. The van der Waals surface area contributed by atoms with Crippen molar-refractivity contribution >= 4 is 22.1 Å². The van der Waals surface area contributed by atoms with Crippen LogP contribution in [0.3, 0.4) is 0 Å². The zero-order valence-corrected chi connectivity index (χ0v) is 13.0. The van der Waals surface area contributed by atoms with E-state index in [-0.39, 0.29) is 19.5 Å². The number of ether oxygens (including phenoxy) is 1. The van der Waals surface area contributed by atoms with Crippen LogP contribution >= 0.6 is 0 Å². The molecule has 1 heterocycles. The van der Waals surface area contributed by atoms with Gasteiger partial charge in [-0.3, -0.25) is 4.79 Å². The summed E-state index contributed by atoms with van der Waals surface area (Å²) in [4.78, 5) is 11.4. The average Bonchev–Trinajstić information content (AvgIpc) is 2.53. The van der Waals surface area contributed by atoms with Crippen LogP contribution < -0.4 is 0 Å². The Morgan fingerprint density at radius 3 is 2.64 bits per heavy atom. The topological polar surface area (TPSA) is 63.7 Å². The lowest BCUT2D eigenvalue weighted by molar-refractivity contribution is -0.149. The zero-order valence-electron chi connectivity index (χ0n) is 12.2. The lowest BCUT2D eigenvalue weighted by Gasteiger charge is -2.31. The highest BCUT2D eigenvalue weighted by Gasteiger charge is 2.38. The van der Waals surface area contributed by atoms with Gasteiger partial charge >= 0.3 is 5.97 Å². The van der Waals surface area contributed by atoms with Crippen LogP contribution in [0.1, 0.15) is 12.0 Å². The normalized spacial score (nSPS) is 23.5. The van der Waals surface area contributed by atoms with Crippen LogP contribution in [0.5, 0.6) is 0 Å². The summed E-state index contributed by atoms with van der Waals surface area (Å²) in [5, 5.41) is 1.06.